The van der Waals surface area contributed by atoms with E-state index in [2.05, 4.69) is 0 Å². The van der Waals surface area contributed by atoms with E-state index < -0.39 is 0 Å². The van der Waals surface area contributed by atoms with Gasteiger partial charge in [0.05, 0.1) is 5.84 Å². The average molecular weight is 229 g/mol. The zero-order chi connectivity index (χ0) is 9.76. The molecule has 4 aliphatic rings. The Morgan fingerprint density at radius 2 is 1.47 bits per heavy atom. The summed E-state index contributed by atoms with van der Waals surface area (Å²) in [6, 6.07) is 0. The van der Waals surface area contributed by atoms with Gasteiger partial charge in [0, 0.05) is 6.42 Å². The highest BCUT2D eigenvalue weighted by molar-refractivity contribution is 5.85. The molecule has 0 saturated heterocycles. The molecule has 3 N–H and O–H groups in total. The maximum absolute atomic E-state index is 7.51. The highest BCUT2D eigenvalue weighted by atomic mass is 35.5. The van der Waals surface area contributed by atoms with Crippen LogP contribution in [-0.4, -0.2) is 5.84 Å². The van der Waals surface area contributed by atoms with Gasteiger partial charge in [-0.2, -0.15) is 0 Å². The van der Waals surface area contributed by atoms with Crippen LogP contribution in [0.3, 0.4) is 0 Å². The molecule has 0 unspecified atom stereocenters. The monoisotopic (exact) mass is 228 g/mol. The van der Waals surface area contributed by atoms with Crippen LogP contribution < -0.4 is 5.73 Å². The number of nitrogens with two attached hydrogens (primary N) is 1. The molecule has 0 spiro atoms. The molecule has 86 valence electrons. The molecule has 0 heterocycles. The summed E-state index contributed by atoms with van der Waals surface area (Å²) in [5.41, 5.74) is 6.07. The van der Waals surface area contributed by atoms with Gasteiger partial charge in [-0.25, -0.2) is 0 Å². The van der Waals surface area contributed by atoms with Crippen molar-refractivity contribution in [3.63, 3.8) is 0 Å². The second-order valence-electron chi connectivity index (χ2n) is 6.12. The summed E-state index contributed by atoms with van der Waals surface area (Å²) in [4.78, 5) is 0. The molecule has 4 fully saturated rings. The second-order valence-corrected chi connectivity index (χ2v) is 6.12. The standard InChI is InChI=1S/C12H20N2.ClH/c13-11(14)7-12-4-8-1-9(5-12)3-10(2-8)6-12;/h8-10H,1-7H2,(H3,13,14);1H. The van der Waals surface area contributed by atoms with Gasteiger partial charge in [0.2, 0.25) is 0 Å². The summed E-state index contributed by atoms with van der Waals surface area (Å²) >= 11 is 0. The van der Waals surface area contributed by atoms with E-state index in [9.17, 15) is 0 Å². The number of halogens is 1. The van der Waals surface area contributed by atoms with E-state index in [1.807, 2.05) is 0 Å². The molecule has 4 bridgehead atoms. The molecule has 0 atom stereocenters. The zero-order valence-electron chi connectivity index (χ0n) is 9.17. The first kappa shape index (κ1) is 11.3. The molecule has 4 saturated carbocycles. The van der Waals surface area contributed by atoms with Crippen molar-refractivity contribution in [3.05, 3.63) is 0 Å². The van der Waals surface area contributed by atoms with Crippen LogP contribution in [0.1, 0.15) is 44.9 Å². The molecule has 0 radical (unpaired) electrons. The largest absolute Gasteiger partial charge is 0.388 e. The predicted octanol–water partition coefficient (Wildman–Crippen LogP) is 2.95. The molecule has 4 rings (SSSR count). The molecule has 3 heteroatoms. The third-order valence-electron chi connectivity index (χ3n) is 4.73. The lowest BCUT2D eigenvalue weighted by molar-refractivity contribution is -0.0483. The summed E-state index contributed by atoms with van der Waals surface area (Å²) < 4.78 is 0. The van der Waals surface area contributed by atoms with Crippen molar-refractivity contribution >= 4 is 18.2 Å². The lowest BCUT2D eigenvalue weighted by atomic mass is 9.49. The molecule has 0 aromatic carbocycles. The van der Waals surface area contributed by atoms with Crippen LogP contribution in [0.5, 0.6) is 0 Å². The molecular weight excluding hydrogens is 208 g/mol. The Labute approximate surface area is 97.9 Å². The fourth-order valence-corrected chi connectivity index (χ4v) is 4.91. The number of hydrogen-bond acceptors (Lipinski definition) is 1. The van der Waals surface area contributed by atoms with E-state index in [1.54, 1.807) is 0 Å². The SMILES string of the molecule is Cl.N=C(N)CC12CC3CC(CC(C3)C1)C2. The Morgan fingerprint density at radius 3 is 1.80 bits per heavy atom. The van der Waals surface area contributed by atoms with E-state index in [-0.39, 0.29) is 12.4 Å². The number of hydrogen-bond donors (Lipinski definition) is 2. The third-order valence-corrected chi connectivity index (χ3v) is 4.73. The van der Waals surface area contributed by atoms with E-state index in [4.69, 9.17) is 11.1 Å². The van der Waals surface area contributed by atoms with Crippen LogP contribution in [0.4, 0.5) is 0 Å². The number of rotatable bonds is 2. The molecule has 0 aromatic rings. The maximum Gasteiger partial charge on any atom is 0.0910 e. The fourth-order valence-electron chi connectivity index (χ4n) is 4.91. The molecule has 2 nitrogen and oxygen atoms in total. The fraction of sp³-hybridized carbons (Fsp3) is 0.917. The Morgan fingerprint density at radius 1 is 1.07 bits per heavy atom. The summed E-state index contributed by atoms with van der Waals surface area (Å²) in [5, 5.41) is 7.51. The lowest BCUT2D eigenvalue weighted by Crippen LogP contribution is -2.47. The van der Waals surface area contributed by atoms with Crippen molar-refractivity contribution in [1.29, 1.82) is 5.41 Å². The van der Waals surface area contributed by atoms with E-state index in [0.717, 1.165) is 24.2 Å². The first-order valence-corrected chi connectivity index (χ1v) is 5.98. The predicted molar refractivity (Wildman–Crippen MR) is 64.4 cm³/mol. The van der Waals surface area contributed by atoms with Crippen molar-refractivity contribution in [2.45, 2.75) is 44.9 Å². The van der Waals surface area contributed by atoms with Gasteiger partial charge in [0.25, 0.3) is 0 Å². The zero-order valence-corrected chi connectivity index (χ0v) is 9.98. The highest BCUT2D eigenvalue weighted by Crippen LogP contribution is 2.61. The van der Waals surface area contributed by atoms with Crippen molar-refractivity contribution in [3.8, 4) is 0 Å². The average Bonchev–Trinajstić information content (AvgIpc) is 1.96. The summed E-state index contributed by atoms with van der Waals surface area (Å²) in [7, 11) is 0. The lowest BCUT2D eigenvalue weighted by Gasteiger charge is -2.56. The summed E-state index contributed by atoms with van der Waals surface area (Å²) in [6.07, 6.45) is 9.46. The molecule has 4 aliphatic carbocycles. The Kier molecular flexibility index (Phi) is 2.74. The van der Waals surface area contributed by atoms with Crippen molar-refractivity contribution in [2.24, 2.45) is 28.9 Å². The minimum Gasteiger partial charge on any atom is -0.388 e. The number of amidine groups is 1. The Balaban J connectivity index is 0.000000853. The molecule has 0 aliphatic heterocycles. The minimum absolute atomic E-state index is 0. The van der Waals surface area contributed by atoms with Crippen molar-refractivity contribution in [2.75, 3.05) is 0 Å². The van der Waals surface area contributed by atoms with Gasteiger partial charge >= 0.3 is 0 Å². The summed E-state index contributed by atoms with van der Waals surface area (Å²) in [6.45, 7) is 0. The third kappa shape index (κ3) is 1.89. The molecule has 15 heavy (non-hydrogen) atoms. The van der Waals surface area contributed by atoms with Crippen LogP contribution >= 0.6 is 12.4 Å². The van der Waals surface area contributed by atoms with Crippen LogP contribution in [0, 0.1) is 28.6 Å². The first-order chi connectivity index (χ1) is 6.65. The quantitative estimate of drug-likeness (QED) is 0.554. The normalized spacial score (nSPS) is 46.3. The Bertz CT molecular complexity index is 240. The van der Waals surface area contributed by atoms with Crippen LogP contribution in [0.2, 0.25) is 0 Å². The van der Waals surface area contributed by atoms with Gasteiger partial charge < -0.3 is 5.73 Å². The maximum atomic E-state index is 7.51. The van der Waals surface area contributed by atoms with Crippen molar-refractivity contribution < 1.29 is 0 Å². The van der Waals surface area contributed by atoms with Gasteiger partial charge in [-0.05, 0) is 61.7 Å². The smallest absolute Gasteiger partial charge is 0.0910 e. The van der Waals surface area contributed by atoms with E-state index >= 15 is 0 Å². The summed E-state index contributed by atoms with van der Waals surface area (Å²) in [5.74, 6) is 3.38. The van der Waals surface area contributed by atoms with Gasteiger partial charge in [-0.1, -0.05) is 0 Å². The van der Waals surface area contributed by atoms with E-state index in [0.29, 0.717) is 11.3 Å². The van der Waals surface area contributed by atoms with Gasteiger partial charge in [0.1, 0.15) is 0 Å². The Hall–Kier alpha value is -0.240. The van der Waals surface area contributed by atoms with Crippen LogP contribution in [0.25, 0.3) is 0 Å². The van der Waals surface area contributed by atoms with E-state index in [1.165, 1.54) is 38.5 Å². The van der Waals surface area contributed by atoms with Gasteiger partial charge in [0.15, 0.2) is 0 Å². The van der Waals surface area contributed by atoms with Crippen LogP contribution in [-0.2, 0) is 0 Å². The topological polar surface area (TPSA) is 49.9 Å². The molecule has 0 amide bonds. The van der Waals surface area contributed by atoms with Crippen molar-refractivity contribution in [1.82, 2.24) is 0 Å². The van der Waals surface area contributed by atoms with Crippen LogP contribution in [0.15, 0.2) is 0 Å². The van der Waals surface area contributed by atoms with Gasteiger partial charge in [-0.15, -0.1) is 12.4 Å². The minimum atomic E-state index is 0. The number of nitrogens with one attached hydrogen (secondary N) is 1. The van der Waals surface area contributed by atoms with Gasteiger partial charge in [-0.3, -0.25) is 5.41 Å². The first-order valence-electron chi connectivity index (χ1n) is 5.98. The second kappa shape index (κ2) is 3.65. The molecular formula is C12H21ClN2. The highest BCUT2D eigenvalue weighted by Gasteiger charge is 2.50. The molecule has 0 aromatic heterocycles.